The van der Waals surface area contributed by atoms with Crippen molar-refractivity contribution in [2.75, 3.05) is 7.05 Å². The molecule has 0 aliphatic carbocycles. The largest absolute Gasteiger partial charge is 0.288 e. The third-order valence-corrected chi connectivity index (χ3v) is 2.49. The van der Waals surface area contributed by atoms with Crippen LogP contribution in [0.2, 0.25) is 0 Å². The maximum absolute atomic E-state index is 10.8. The van der Waals surface area contributed by atoms with Crippen LogP contribution in [0.5, 0.6) is 0 Å². The Labute approximate surface area is 63.7 Å². The van der Waals surface area contributed by atoms with E-state index in [0.29, 0.717) is 6.42 Å². The molecule has 0 N–H and O–H groups in total. The summed E-state index contributed by atoms with van der Waals surface area (Å²) in [5, 5.41) is 0. The highest BCUT2D eigenvalue weighted by Gasteiger charge is 2.36. The monoisotopic (exact) mass is 165 g/mol. The molecule has 4 heteroatoms. The van der Waals surface area contributed by atoms with Crippen LogP contribution in [-0.4, -0.2) is 21.5 Å². The fraction of sp³-hybridized carbons (Fsp3) is 0.800. The van der Waals surface area contributed by atoms with Crippen molar-refractivity contribution >= 4 is 29.5 Å². The lowest BCUT2D eigenvalue weighted by molar-refractivity contribution is -0.124. The van der Waals surface area contributed by atoms with Gasteiger partial charge < -0.3 is 0 Å². The van der Waals surface area contributed by atoms with Gasteiger partial charge in [-0.1, -0.05) is 0 Å². The summed E-state index contributed by atoms with van der Waals surface area (Å²) in [6, 6.07) is 0. The molecule has 1 aliphatic rings. The van der Waals surface area contributed by atoms with Crippen molar-refractivity contribution in [3.05, 3.63) is 0 Å². The zero-order valence-electron chi connectivity index (χ0n) is 5.35. The molecular weight excluding hydrogens is 158 g/mol. The lowest BCUT2D eigenvalue weighted by atomic mass is 10.3. The minimum atomic E-state index is -0.397. The minimum absolute atomic E-state index is 0.109. The Morgan fingerprint density at radius 2 is 2.44 bits per heavy atom. The molecule has 1 aliphatic heterocycles. The standard InChI is InChI=1S/C5H8ClNOS/c1-5(6)3-4(8)7(2)9-5/h3H2,1-2H3. The van der Waals surface area contributed by atoms with E-state index in [1.807, 2.05) is 6.92 Å². The van der Waals surface area contributed by atoms with Gasteiger partial charge >= 0.3 is 0 Å². The van der Waals surface area contributed by atoms with E-state index < -0.39 is 4.21 Å². The Hall–Kier alpha value is 0.110. The second-order valence-electron chi connectivity index (χ2n) is 2.26. The van der Waals surface area contributed by atoms with Crippen molar-refractivity contribution in [1.29, 1.82) is 0 Å². The Bertz CT molecular complexity index is 148. The van der Waals surface area contributed by atoms with Crippen LogP contribution in [0.3, 0.4) is 0 Å². The summed E-state index contributed by atoms with van der Waals surface area (Å²) in [6.45, 7) is 1.85. The SMILES string of the molecule is CN1SC(C)(Cl)CC1=O. The third-order valence-electron chi connectivity index (χ3n) is 1.15. The Balaban J connectivity index is 2.65. The summed E-state index contributed by atoms with van der Waals surface area (Å²) >= 11 is 7.24. The number of carbonyl (C=O) groups excluding carboxylic acids is 1. The van der Waals surface area contributed by atoms with Gasteiger partial charge in [-0.15, -0.1) is 11.6 Å². The first kappa shape index (κ1) is 7.22. The van der Waals surface area contributed by atoms with Crippen molar-refractivity contribution in [3.8, 4) is 0 Å². The topological polar surface area (TPSA) is 20.3 Å². The third kappa shape index (κ3) is 1.52. The van der Waals surface area contributed by atoms with E-state index in [4.69, 9.17) is 11.6 Å². The Morgan fingerprint density at radius 1 is 1.89 bits per heavy atom. The van der Waals surface area contributed by atoms with Gasteiger partial charge in [0.05, 0.1) is 6.42 Å². The van der Waals surface area contributed by atoms with Crippen LogP contribution in [0.1, 0.15) is 13.3 Å². The van der Waals surface area contributed by atoms with Gasteiger partial charge in [0, 0.05) is 7.05 Å². The second-order valence-corrected chi connectivity index (χ2v) is 4.95. The number of hydrogen-bond acceptors (Lipinski definition) is 2. The lowest BCUT2D eigenvalue weighted by Gasteiger charge is -2.10. The maximum Gasteiger partial charge on any atom is 0.234 e. The van der Waals surface area contributed by atoms with Gasteiger partial charge in [0.1, 0.15) is 4.21 Å². The van der Waals surface area contributed by atoms with Crippen LogP contribution in [0, 0.1) is 0 Å². The van der Waals surface area contributed by atoms with Gasteiger partial charge in [-0.25, -0.2) is 0 Å². The predicted molar refractivity (Wildman–Crippen MR) is 39.2 cm³/mol. The van der Waals surface area contributed by atoms with Gasteiger partial charge in [-0.05, 0) is 18.9 Å². The fourth-order valence-electron chi connectivity index (χ4n) is 0.750. The predicted octanol–water partition coefficient (Wildman–Crippen LogP) is 1.45. The van der Waals surface area contributed by atoms with Crippen LogP contribution in [-0.2, 0) is 4.79 Å². The van der Waals surface area contributed by atoms with Crippen LogP contribution in [0.4, 0.5) is 0 Å². The summed E-state index contributed by atoms with van der Waals surface area (Å²) in [7, 11) is 1.74. The van der Waals surface area contributed by atoms with E-state index >= 15 is 0 Å². The molecule has 0 aromatic carbocycles. The van der Waals surface area contributed by atoms with Crippen molar-refractivity contribution < 1.29 is 4.79 Å². The van der Waals surface area contributed by atoms with Crippen LogP contribution in [0.25, 0.3) is 0 Å². The molecule has 1 saturated heterocycles. The normalized spacial score (nSPS) is 35.9. The molecule has 0 aromatic heterocycles. The summed E-state index contributed by atoms with van der Waals surface area (Å²) < 4.78 is 1.18. The number of hydrogen-bond donors (Lipinski definition) is 0. The van der Waals surface area contributed by atoms with E-state index in [9.17, 15) is 4.79 Å². The quantitative estimate of drug-likeness (QED) is 0.400. The number of nitrogens with zero attached hydrogens (tertiary/aromatic N) is 1. The molecule has 52 valence electrons. The first-order valence-corrected chi connectivity index (χ1v) is 3.81. The van der Waals surface area contributed by atoms with Gasteiger partial charge in [0.15, 0.2) is 0 Å². The van der Waals surface area contributed by atoms with Crippen molar-refractivity contribution in [3.63, 3.8) is 0 Å². The number of carbonyl (C=O) groups is 1. The molecule has 1 amide bonds. The number of alkyl halides is 1. The van der Waals surface area contributed by atoms with Gasteiger partial charge in [0.2, 0.25) is 5.91 Å². The smallest absolute Gasteiger partial charge is 0.234 e. The molecule has 0 radical (unpaired) electrons. The fourth-order valence-corrected chi connectivity index (χ4v) is 2.10. The first-order valence-electron chi connectivity index (χ1n) is 2.66. The molecular formula is C5H8ClNOS. The van der Waals surface area contributed by atoms with E-state index in [-0.39, 0.29) is 5.91 Å². The average molecular weight is 166 g/mol. The molecule has 9 heavy (non-hydrogen) atoms. The molecule has 0 spiro atoms. The first-order chi connectivity index (χ1) is 4.01. The Kier molecular flexibility index (Phi) is 1.65. The minimum Gasteiger partial charge on any atom is -0.288 e. The van der Waals surface area contributed by atoms with Gasteiger partial charge in [-0.2, -0.15) is 0 Å². The average Bonchev–Trinajstić information content (AvgIpc) is 1.79. The van der Waals surface area contributed by atoms with Crippen molar-refractivity contribution in [2.24, 2.45) is 0 Å². The Morgan fingerprint density at radius 3 is 2.56 bits per heavy atom. The summed E-state index contributed by atoms with van der Waals surface area (Å²) in [4.78, 5) is 10.8. The highest BCUT2D eigenvalue weighted by Crippen LogP contribution is 2.41. The maximum atomic E-state index is 10.8. The summed E-state index contributed by atoms with van der Waals surface area (Å²) in [5.41, 5.74) is 0. The number of amides is 1. The lowest BCUT2D eigenvalue weighted by Crippen LogP contribution is -2.10. The number of halogens is 1. The highest BCUT2D eigenvalue weighted by atomic mass is 35.5. The van der Waals surface area contributed by atoms with E-state index in [2.05, 4.69) is 0 Å². The molecule has 0 saturated carbocycles. The van der Waals surface area contributed by atoms with Gasteiger partial charge in [0.25, 0.3) is 0 Å². The van der Waals surface area contributed by atoms with Crippen molar-refractivity contribution in [2.45, 2.75) is 17.6 Å². The number of rotatable bonds is 0. The van der Waals surface area contributed by atoms with Gasteiger partial charge in [-0.3, -0.25) is 9.10 Å². The molecule has 2 nitrogen and oxygen atoms in total. The van der Waals surface area contributed by atoms with Crippen LogP contribution >= 0.6 is 23.5 Å². The molecule has 1 unspecified atom stereocenters. The summed E-state index contributed by atoms with van der Waals surface area (Å²) in [5.74, 6) is 0.109. The molecule has 1 fully saturated rings. The molecule has 0 bridgehead atoms. The molecule has 1 heterocycles. The van der Waals surface area contributed by atoms with Crippen molar-refractivity contribution in [1.82, 2.24) is 4.31 Å². The van der Waals surface area contributed by atoms with E-state index in [0.717, 1.165) is 0 Å². The van der Waals surface area contributed by atoms with E-state index in [1.54, 1.807) is 11.4 Å². The van der Waals surface area contributed by atoms with E-state index in [1.165, 1.54) is 11.9 Å². The van der Waals surface area contributed by atoms with Crippen LogP contribution < -0.4 is 0 Å². The molecule has 1 rings (SSSR count). The summed E-state index contributed by atoms with van der Waals surface area (Å²) in [6.07, 6.45) is 0.440. The second kappa shape index (κ2) is 2.06. The molecule has 0 aromatic rings. The highest BCUT2D eigenvalue weighted by molar-refractivity contribution is 8.00. The zero-order valence-corrected chi connectivity index (χ0v) is 6.92. The molecule has 1 atom stereocenters. The van der Waals surface area contributed by atoms with Crippen LogP contribution in [0.15, 0.2) is 0 Å². The zero-order chi connectivity index (χ0) is 7.07.